The van der Waals surface area contributed by atoms with E-state index in [1.165, 1.54) is 44.1 Å². The molecular formula is C20H26N4O. The van der Waals surface area contributed by atoms with Gasteiger partial charge in [-0.3, -0.25) is 4.79 Å². The van der Waals surface area contributed by atoms with E-state index in [0.717, 1.165) is 28.8 Å². The molecule has 4 bridgehead atoms. The monoisotopic (exact) mass is 338 g/mol. The number of carbonyl (C=O) groups excluding carboxylic acids is 1. The Morgan fingerprint density at radius 3 is 2.44 bits per heavy atom. The predicted molar refractivity (Wildman–Crippen MR) is 96.7 cm³/mol. The van der Waals surface area contributed by atoms with Crippen LogP contribution in [-0.2, 0) is 10.2 Å². The molecule has 1 heterocycles. The molecule has 0 unspecified atom stereocenters. The molecule has 1 aromatic carbocycles. The molecule has 6 rings (SSSR count). The smallest absolute Gasteiger partial charge is 0.219 e. The lowest BCUT2D eigenvalue weighted by Crippen LogP contribution is -2.48. The fraction of sp³-hybridized carbons (Fsp3) is 0.600. The van der Waals surface area contributed by atoms with Gasteiger partial charge in [-0.25, -0.2) is 4.98 Å². The summed E-state index contributed by atoms with van der Waals surface area (Å²) in [6.07, 6.45) is 8.54. The van der Waals surface area contributed by atoms with Crippen LogP contribution in [0.5, 0.6) is 0 Å². The van der Waals surface area contributed by atoms with E-state index in [0.29, 0.717) is 11.2 Å². The third-order valence-corrected chi connectivity index (χ3v) is 6.92. The Hall–Kier alpha value is -1.88. The summed E-state index contributed by atoms with van der Waals surface area (Å²) in [4.78, 5) is 19.0. The van der Waals surface area contributed by atoms with Gasteiger partial charge in [0.15, 0.2) is 0 Å². The molecule has 132 valence electrons. The number of hydrogen-bond acceptors (Lipinski definition) is 3. The van der Waals surface area contributed by atoms with Crippen molar-refractivity contribution in [3.63, 3.8) is 0 Å². The molecule has 0 saturated heterocycles. The number of imidazole rings is 1. The van der Waals surface area contributed by atoms with E-state index in [1.807, 2.05) is 0 Å². The molecule has 0 aliphatic heterocycles. The Bertz CT molecular complexity index is 804. The molecule has 0 radical (unpaired) electrons. The van der Waals surface area contributed by atoms with E-state index in [1.54, 1.807) is 0 Å². The summed E-state index contributed by atoms with van der Waals surface area (Å²) < 4.78 is 0. The third-order valence-electron chi connectivity index (χ3n) is 6.92. The predicted octanol–water partition coefficient (Wildman–Crippen LogP) is 2.91. The van der Waals surface area contributed by atoms with Gasteiger partial charge in [0.25, 0.3) is 0 Å². The molecule has 25 heavy (non-hydrogen) atoms. The highest BCUT2D eigenvalue weighted by molar-refractivity contribution is 5.77. The average Bonchev–Trinajstić information content (AvgIpc) is 2.96. The van der Waals surface area contributed by atoms with Crippen LogP contribution in [0.25, 0.3) is 11.0 Å². The fourth-order valence-electron chi connectivity index (χ4n) is 6.31. The fourth-order valence-corrected chi connectivity index (χ4v) is 6.31. The number of aromatic nitrogens is 2. The Morgan fingerprint density at radius 2 is 1.84 bits per heavy atom. The van der Waals surface area contributed by atoms with Crippen molar-refractivity contribution >= 4 is 16.9 Å². The summed E-state index contributed by atoms with van der Waals surface area (Å²) in [7, 11) is 0. The summed E-state index contributed by atoms with van der Waals surface area (Å²) in [5.74, 6) is 3.05. The van der Waals surface area contributed by atoms with Crippen LogP contribution in [0.2, 0.25) is 0 Å². The van der Waals surface area contributed by atoms with E-state index in [2.05, 4.69) is 28.2 Å². The van der Waals surface area contributed by atoms with Gasteiger partial charge in [-0.2, -0.15) is 0 Å². The number of nitrogens with one attached hydrogen (secondary N) is 1. The van der Waals surface area contributed by atoms with E-state index < -0.39 is 11.9 Å². The van der Waals surface area contributed by atoms with E-state index in [9.17, 15) is 4.79 Å². The largest absolute Gasteiger partial charge is 0.370 e. The highest BCUT2D eigenvalue weighted by atomic mass is 16.1. The zero-order valence-corrected chi connectivity index (χ0v) is 14.5. The van der Waals surface area contributed by atoms with Crippen molar-refractivity contribution in [1.82, 2.24) is 9.97 Å². The van der Waals surface area contributed by atoms with Crippen molar-refractivity contribution in [3.8, 4) is 0 Å². The van der Waals surface area contributed by atoms with Gasteiger partial charge < -0.3 is 16.5 Å². The number of nitrogens with zero attached hydrogens (tertiary/aromatic N) is 1. The Balaban J connectivity index is 1.49. The summed E-state index contributed by atoms with van der Waals surface area (Å²) >= 11 is 0. The minimum Gasteiger partial charge on any atom is -0.370 e. The lowest BCUT2D eigenvalue weighted by molar-refractivity contribution is -0.118. The molecule has 4 aliphatic carbocycles. The van der Waals surface area contributed by atoms with Crippen molar-refractivity contribution in [2.24, 2.45) is 29.2 Å². The van der Waals surface area contributed by atoms with Gasteiger partial charge in [0, 0.05) is 6.42 Å². The number of H-pyrrole nitrogens is 1. The topological polar surface area (TPSA) is 97.8 Å². The van der Waals surface area contributed by atoms with Crippen LogP contribution >= 0.6 is 0 Å². The first-order valence-electron chi connectivity index (χ1n) is 9.55. The van der Waals surface area contributed by atoms with Gasteiger partial charge in [0.05, 0.1) is 17.1 Å². The molecule has 1 atom stereocenters. The van der Waals surface area contributed by atoms with Gasteiger partial charge in [-0.15, -0.1) is 0 Å². The molecule has 2 aromatic rings. The van der Waals surface area contributed by atoms with Crippen LogP contribution in [0.3, 0.4) is 0 Å². The quantitative estimate of drug-likeness (QED) is 0.799. The lowest BCUT2D eigenvalue weighted by Gasteiger charge is -2.57. The van der Waals surface area contributed by atoms with Crippen LogP contribution in [0.1, 0.15) is 62.4 Å². The third kappa shape index (κ3) is 2.48. The zero-order chi connectivity index (χ0) is 17.2. The van der Waals surface area contributed by atoms with Crippen LogP contribution in [0.4, 0.5) is 0 Å². The van der Waals surface area contributed by atoms with Crippen LogP contribution in [0, 0.1) is 17.8 Å². The number of rotatable bonds is 4. The normalized spacial score (nSPS) is 34.5. The molecule has 1 aromatic heterocycles. The zero-order valence-electron chi connectivity index (χ0n) is 14.5. The second kappa shape index (κ2) is 5.31. The maximum Gasteiger partial charge on any atom is 0.219 e. The summed E-state index contributed by atoms with van der Waals surface area (Å²) in [6, 6.07) is 6.21. The van der Waals surface area contributed by atoms with Crippen molar-refractivity contribution in [3.05, 3.63) is 29.6 Å². The second-order valence-electron chi connectivity index (χ2n) is 8.83. The molecule has 5 N–H and O–H groups in total. The number of benzene rings is 1. The maximum absolute atomic E-state index is 11.1. The van der Waals surface area contributed by atoms with Gasteiger partial charge in [-0.1, -0.05) is 6.07 Å². The summed E-state index contributed by atoms with van der Waals surface area (Å²) in [5.41, 5.74) is 15.1. The number of primary amides is 1. The maximum atomic E-state index is 11.1. The second-order valence-corrected chi connectivity index (χ2v) is 8.83. The molecule has 1 amide bonds. The molecular weight excluding hydrogens is 312 g/mol. The number of nitrogens with two attached hydrogens (primary N) is 2. The standard InChI is InChI=1S/C20H26N4O/c21-15(7-18(22)25)19-23-16-2-1-14(6-17(16)24-19)20-8-11-3-12(9-20)5-13(4-11)10-20/h1-2,6,11-13,15H,3-5,7-10,21H2,(H2,22,25)(H,23,24)/t11?,12?,13?,15-,20?/m0/s1. The first-order chi connectivity index (χ1) is 12.0. The molecule has 5 nitrogen and oxygen atoms in total. The van der Waals surface area contributed by atoms with E-state index in [-0.39, 0.29) is 6.42 Å². The van der Waals surface area contributed by atoms with E-state index >= 15 is 0 Å². The van der Waals surface area contributed by atoms with E-state index in [4.69, 9.17) is 11.5 Å². The van der Waals surface area contributed by atoms with Crippen LogP contribution in [0.15, 0.2) is 18.2 Å². The molecule has 0 spiro atoms. The number of hydrogen-bond donors (Lipinski definition) is 3. The SMILES string of the molecule is NC(=O)C[C@H](N)c1nc2ccc(C34CC5CC(CC(C5)C3)C4)cc2[nH]1. The first kappa shape index (κ1) is 15.4. The Kier molecular flexibility index (Phi) is 3.26. The number of amides is 1. The molecule has 4 aliphatic rings. The van der Waals surface area contributed by atoms with Crippen molar-refractivity contribution in [2.75, 3.05) is 0 Å². The number of aromatic amines is 1. The Morgan fingerprint density at radius 1 is 1.20 bits per heavy atom. The van der Waals surface area contributed by atoms with Gasteiger partial charge in [0.1, 0.15) is 5.82 Å². The average molecular weight is 338 g/mol. The minimum absolute atomic E-state index is 0.113. The van der Waals surface area contributed by atoms with Crippen LogP contribution in [-0.4, -0.2) is 15.9 Å². The number of carbonyl (C=O) groups is 1. The summed E-state index contributed by atoms with van der Waals surface area (Å²) in [5, 5.41) is 0. The van der Waals surface area contributed by atoms with Crippen molar-refractivity contribution in [2.45, 2.75) is 56.4 Å². The number of fused-ring (bicyclic) bond motifs is 1. The first-order valence-corrected chi connectivity index (χ1v) is 9.55. The molecule has 4 fully saturated rings. The summed E-state index contributed by atoms with van der Waals surface area (Å²) in [6.45, 7) is 0. The molecule has 5 heteroatoms. The highest BCUT2D eigenvalue weighted by Gasteiger charge is 2.51. The van der Waals surface area contributed by atoms with Crippen molar-refractivity contribution < 1.29 is 4.79 Å². The Labute approximate surface area is 147 Å². The highest BCUT2D eigenvalue weighted by Crippen LogP contribution is 2.60. The van der Waals surface area contributed by atoms with Crippen molar-refractivity contribution in [1.29, 1.82) is 0 Å². The van der Waals surface area contributed by atoms with Crippen LogP contribution < -0.4 is 11.5 Å². The minimum atomic E-state index is -0.465. The molecule has 4 saturated carbocycles. The van der Waals surface area contributed by atoms with Gasteiger partial charge in [0.2, 0.25) is 5.91 Å². The van der Waals surface area contributed by atoms with Gasteiger partial charge in [-0.05, 0) is 79.4 Å². The lowest BCUT2D eigenvalue weighted by atomic mass is 9.48. The van der Waals surface area contributed by atoms with Gasteiger partial charge >= 0.3 is 0 Å².